The molecule has 0 saturated carbocycles. The third kappa shape index (κ3) is 20.0. The number of cyclic esters (lactones) is 4. The van der Waals surface area contributed by atoms with Gasteiger partial charge < -0.3 is 38.5 Å². The van der Waals surface area contributed by atoms with E-state index in [0.29, 0.717) is 34.4 Å². The van der Waals surface area contributed by atoms with Crippen molar-refractivity contribution in [3.8, 4) is 0 Å². The molecular formula is C64H84F8N8O12. The topological polar surface area (TPSA) is 222 Å². The van der Waals surface area contributed by atoms with E-state index in [-0.39, 0.29) is 62.4 Å². The van der Waals surface area contributed by atoms with Crippen LogP contribution in [0.15, 0.2) is 60.7 Å². The fraction of sp³-hybridized carbons (Fsp3) is 0.594. The summed E-state index contributed by atoms with van der Waals surface area (Å²) in [6.45, 7) is 15.7. The van der Waals surface area contributed by atoms with E-state index >= 15 is 9.59 Å². The van der Waals surface area contributed by atoms with Gasteiger partial charge in [0.05, 0.1) is 13.1 Å². The number of carbonyl (C=O) groups excluding carboxylic acids is 8. The highest BCUT2D eigenvalue weighted by atomic mass is 19.3. The molecule has 0 N–H and O–H groups in total. The highest BCUT2D eigenvalue weighted by Gasteiger charge is 2.43. The number of benzene rings is 2. The number of hydrogen-bond donors (Lipinski definition) is 0. The Morgan fingerprint density at radius 2 is 0.630 bits per heavy atom. The molecule has 0 bridgehead atoms. The minimum Gasteiger partial charge on any atom is -0.451 e. The molecule has 5 rings (SSSR count). The number of hydrogen-bond acceptors (Lipinski definition) is 14. The van der Waals surface area contributed by atoms with E-state index in [1.54, 1.807) is 55.4 Å². The first-order valence-corrected chi connectivity index (χ1v) is 30.3. The summed E-state index contributed by atoms with van der Waals surface area (Å²) in [5, 5.41) is 7.29. The van der Waals surface area contributed by atoms with Gasteiger partial charge in [0.25, 0.3) is 49.3 Å². The maximum atomic E-state index is 15.0. The normalized spacial score (nSPS) is 22.1. The molecule has 508 valence electrons. The predicted molar refractivity (Wildman–Crippen MR) is 318 cm³/mol. The van der Waals surface area contributed by atoms with Crippen LogP contribution in [0.25, 0.3) is 0 Å². The lowest BCUT2D eigenvalue weighted by Gasteiger charge is -2.35. The Morgan fingerprint density at radius 3 is 0.880 bits per heavy atom. The van der Waals surface area contributed by atoms with Crippen LogP contribution in [0.2, 0.25) is 0 Å². The standard InChI is InChI=1S/C64H84F8N8O12/c1-33(2)23-47-61(85)89-37(9)57(81)75(11)50(26-36(7)8)64(88)92-52(28-40-17-21-42(22-18-40)32-80-46(56(71)72)30-44(74-80)54(67)68)60(84)78(14)48(24-34(3)4)62(86)90-38(10)58(82)76(12)49(25-35(5)6)63(87)91-51(59(83)77(47)13)27-39-15-19-41(20-16-39)31-79-45(55(69)70)29-43(73-79)53(65)66/h15-22,29-30,33-38,47-56H,23-28,31-32H2,1-14H3/t37-,38-,47+,48+,49+,50+,51-,52-/m1/s1. The van der Waals surface area contributed by atoms with Crippen molar-refractivity contribution >= 4 is 47.5 Å². The first-order chi connectivity index (χ1) is 43.0. The van der Waals surface area contributed by atoms with E-state index < -0.39 is 157 Å². The van der Waals surface area contributed by atoms with Crippen molar-refractivity contribution < 1.29 is 92.4 Å². The van der Waals surface area contributed by atoms with Gasteiger partial charge in [-0.25, -0.2) is 54.3 Å². The maximum Gasteiger partial charge on any atom is 0.329 e. The summed E-state index contributed by atoms with van der Waals surface area (Å²) in [6, 6.07) is 7.10. The molecule has 8 atom stereocenters. The van der Waals surface area contributed by atoms with Gasteiger partial charge in [0.2, 0.25) is 0 Å². The summed E-state index contributed by atoms with van der Waals surface area (Å²) in [4.78, 5) is 122. The second kappa shape index (κ2) is 33.1. The van der Waals surface area contributed by atoms with Gasteiger partial charge in [-0.05, 0) is 97.6 Å². The zero-order chi connectivity index (χ0) is 68.9. The van der Waals surface area contributed by atoms with Gasteiger partial charge in [0, 0.05) is 41.0 Å². The number of esters is 4. The SMILES string of the molecule is CC(C)C[C@H]1C(=O)O[C@H](Cc2ccc(Cn3nc(C(F)F)cc3C(F)F)cc2)C(=O)N(C)[C@@H](CC(C)C)C(=O)O[C@H](C)C(=O)N(C)[C@@H](CC(C)C)C(=O)O[C@H](Cc2ccc(Cn3nc(C(F)F)cc3C(F)F)cc2)C(=O)N(C)[C@@H](CC(C)C)C(=O)O[C@H](C)C(=O)N1C. The van der Waals surface area contributed by atoms with Crippen molar-refractivity contribution in [1.29, 1.82) is 0 Å². The Morgan fingerprint density at radius 1 is 0.380 bits per heavy atom. The van der Waals surface area contributed by atoms with Gasteiger partial charge in [-0.2, -0.15) is 10.2 Å². The molecule has 20 nitrogen and oxygen atoms in total. The molecule has 4 amide bonds. The molecule has 4 aromatic rings. The van der Waals surface area contributed by atoms with E-state index in [9.17, 15) is 63.9 Å². The van der Waals surface area contributed by atoms with Crippen LogP contribution >= 0.6 is 0 Å². The zero-order valence-electron chi connectivity index (χ0n) is 54.2. The number of aromatic nitrogens is 4. The number of alkyl halides is 8. The summed E-state index contributed by atoms with van der Waals surface area (Å²) in [5.74, 6) is -9.38. The molecule has 0 spiro atoms. The van der Waals surface area contributed by atoms with Crippen molar-refractivity contribution in [3.63, 3.8) is 0 Å². The molecule has 0 radical (unpaired) electrons. The van der Waals surface area contributed by atoms with Crippen LogP contribution in [0.5, 0.6) is 0 Å². The van der Waals surface area contributed by atoms with Crippen LogP contribution in [0.3, 0.4) is 0 Å². The molecule has 2 aromatic heterocycles. The summed E-state index contributed by atoms with van der Waals surface area (Å²) in [7, 11) is 5.02. The lowest BCUT2D eigenvalue weighted by atomic mass is 9.99. The number of likely N-dealkylation sites (N-methyl/N-ethyl adjacent to an activating group) is 4. The third-order valence-electron chi connectivity index (χ3n) is 15.6. The van der Waals surface area contributed by atoms with Crippen LogP contribution < -0.4 is 0 Å². The highest BCUT2D eigenvalue weighted by molar-refractivity contribution is 5.94. The summed E-state index contributed by atoms with van der Waals surface area (Å²) >= 11 is 0. The predicted octanol–water partition coefficient (Wildman–Crippen LogP) is 9.90. The van der Waals surface area contributed by atoms with Crippen molar-refractivity contribution in [2.45, 2.75) is 195 Å². The van der Waals surface area contributed by atoms with Crippen LogP contribution in [0, 0.1) is 23.7 Å². The Kier molecular flexibility index (Phi) is 26.9. The average Bonchev–Trinajstić information content (AvgIpc) is 1.38. The van der Waals surface area contributed by atoms with Crippen molar-refractivity contribution in [2.75, 3.05) is 28.2 Å². The summed E-state index contributed by atoms with van der Waals surface area (Å²) < 4.78 is 135. The highest BCUT2D eigenvalue weighted by Crippen LogP contribution is 2.30. The molecule has 0 unspecified atom stereocenters. The Bertz CT molecular complexity index is 2950. The molecule has 1 aliphatic rings. The monoisotopic (exact) mass is 1310 g/mol. The zero-order valence-corrected chi connectivity index (χ0v) is 54.2. The average molecular weight is 1310 g/mol. The molecule has 28 heteroatoms. The van der Waals surface area contributed by atoms with Crippen LogP contribution in [0.4, 0.5) is 35.1 Å². The van der Waals surface area contributed by atoms with Gasteiger partial charge in [-0.1, -0.05) is 104 Å². The first kappa shape index (κ1) is 74.8. The molecular weight excluding hydrogens is 1220 g/mol. The molecule has 2 aromatic carbocycles. The molecule has 92 heavy (non-hydrogen) atoms. The van der Waals surface area contributed by atoms with Gasteiger partial charge in [0.15, 0.2) is 24.4 Å². The van der Waals surface area contributed by atoms with E-state index in [0.717, 1.165) is 29.0 Å². The third-order valence-corrected chi connectivity index (χ3v) is 15.6. The first-order valence-electron chi connectivity index (χ1n) is 30.3. The summed E-state index contributed by atoms with van der Waals surface area (Å²) in [6.07, 6.45) is -20.4. The summed E-state index contributed by atoms with van der Waals surface area (Å²) in [5.41, 5.74) is -1.88. The number of ether oxygens (including phenoxy) is 4. The molecule has 1 fully saturated rings. The number of amides is 4. The van der Waals surface area contributed by atoms with Crippen LogP contribution in [0.1, 0.15) is 166 Å². The maximum absolute atomic E-state index is 15.0. The Hall–Kier alpha value is -7.94. The van der Waals surface area contributed by atoms with Crippen molar-refractivity contribution in [3.05, 3.63) is 106 Å². The van der Waals surface area contributed by atoms with Gasteiger partial charge in [0.1, 0.15) is 46.9 Å². The number of carbonyl (C=O) groups is 8. The molecule has 3 heterocycles. The van der Waals surface area contributed by atoms with Gasteiger partial charge in [-0.3, -0.25) is 28.5 Å². The Labute approximate surface area is 530 Å². The second-order valence-electron chi connectivity index (χ2n) is 24.9. The smallest absolute Gasteiger partial charge is 0.329 e. The van der Waals surface area contributed by atoms with E-state index in [1.165, 1.54) is 90.6 Å². The largest absolute Gasteiger partial charge is 0.451 e. The van der Waals surface area contributed by atoms with E-state index in [1.807, 2.05) is 0 Å². The van der Waals surface area contributed by atoms with Gasteiger partial charge >= 0.3 is 23.9 Å². The molecule has 1 saturated heterocycles. The Balaban J connectivity index is 1.59. The minimum absolute atomic E-state index is 0.0721. The fourth-order valence-corrected chi connectivity index (χ4v) is 10.5. The van der Waals surface area contributed by atoms with Crippen molar-refractivity contribution in [2.24, 2.45) is 23.7 Å². The van der Waals surface area contributed by atoms with Crippen LogP contribution in [-0.4, -0.2) is 163 Å². The second-order valence-corrected chi connectivity index (χ2v) is 24.9. The van der Waals surface area contributed by atoms with E-state index in [2.05, 4.69) is 10.2 Å². The number of nitrogens with zero attached hydrogens (tertiary/aromatic N) is 8. The quantitative estimate of drug-likeness (QED) is 0.0457. The fourth-order valence-electron chi connectivity index (χ4n) is 10.5. The van der Waals surface area contributed by atoms with Crippen molar-refractivity contribution in [1.82, 2.24) is 39.2 Å². The lowest BCUT2D eigenvalue weighted by Crippen LogP contribution is -2.55. The number of halogens is 8. The van der Waals surface area contributed by atoms with Crippen LogP contribution in [-0.2, 0) is 83.2 Å². The van der Waals surface area contributed by atoms with E-state index in [4.69, 9.17) is 18.9 Å². The minimum atomic E-state index is -3.13. The number of rotatable bonds is 20. The molecule has 1 aliphatic heterocycles. The molecule has 0 aliphatic carbocycles. The lowest BCUT2D eigenvalue weighted by molar-refractivity contribution is -0.176. The van der Waals surface area contributed by atoms with Gasteiger partial charge in [-0.15, -0.1) is 0 Å².